The van der Waals surface area contributed by atoms with Gasteiger partial charge in [-0.25, -0.2) is 0 Å². The van der Waals surface area contributed by atoms with E-state index in [1.807, 2.05) is 10.9 Å². The van der Waals surface area contributed by atoms with E-state index in [2.05, 4.69) is 36.5 Å². The molecular weight excluding hydrogens is 198 g/mol. The zero-order valence-electron chi connectivity index (χ0n) is 10.2. The van der Waals surface area contributed by atoms with Crippen molar-refractivity contribution in [3.8, 4) is 0 Å². The molecule has 0 aromatic carbocycles. The molecule has 1 aromatic rings. The first-order chi connectivity index (χ1) is 7.79. The van der Waals surface area contributed by atoms with Gasteiger partial charge in [0.2, 0.25) is 0 Å². The highest BCUT2D eigenvalue weighted by molar-refractivity contribution is 5.62. The summed E-state index contributed by atoms with van der Waals surface area (Å²) in [6.45, 7) is 6.31. The highest BCUT2D eigenvalue weighted by Gasteiger charge is 2.19. The van der Waals surface area contributed by atoms with Crippen LogP contribution in [0.1, 0.15) is 38.7 Å². The highest BCUT2D eigenvalue weighted by atomic mass is 15.3. The van der Waals surface area contributed by atoms with Crippen LogP contribution in [-0.4, -0.2) is 22.4 Å². The average molecular weight is 219 g/mol. The van der Waals surface area contributed by atoms with Gasteiger partial charge in [0.25, 0.3) is 0 Å². The summed E-state index contributed by atoms with van der Waals surface area (Å²) in [6, 6.07) is 0.816. The summed E-state index contributed by atoms with van der Waals surface area (Å²) >= 11 is 0. The van der Waals surface area contributed by atoms with E-state index in [1.165, 1.54) is 24.0 Å². The molecule has 0 aliphatic heterocycles. The topological polar surface area (TPSA) is 29.9 Å². The number of hydrogen-bond donors (Lipinski definition) is 1. The molecule has 2 rings (SSSR count). The predicted molar refractivity (Wildman–Crippen MR) is 67.2 cm³/mol. The molecule has 1 aromatic heterocycles. The quantitative estimate of drug-likeness (QED) is 0.745. The normalized spacial score (nSPS) is 16.8. The van der Waals surface area contributed by atoms with E-state index in [-0.39, 0.29) is 0 Å². The standard InChI is InChI=1S/C13H21N3/c1-3-16-10-12(9-15-16)11(2)5-4-8-14-13-6-7-13/h5,9-10,13-14H,3-4,6-8H2,1-2H3. The Bertz CT molecular complexity index is 361. The van der Waals surface area contributed by atoms with Crippen molar-refractivity contribution in [3.63, 3.8) is 0 Å². The van der Waals surface area contributed by atoms with Crippen LogP contribution in [0.3, 0.4) is 0 Å². The first-order valence-electron chi connectivity index (χ1n) is 6.22. The first-order valence-corrected chi connectivity index (χ1v) is 6.22. The minimum absolute atomic E-state index is 0.816. The van der Waals surface area contributed by atoms with Gasteiger partial charge in [-0.05, 0) is 45.2 Å². The largest absolute Gasteiger partial charge is 0.314 e. The van der Waals surface area contributed by atoms with Crippen molar-refractivity contribution in [2.45, 2.75) is 45.7 Å². The van der Waals surface area contributed by atoms with Crippen LogP contribution in [0.2, 0.25) is 0 Å². The Kier molecular flexibility index (Phi) is 3.78. The molecule has 3 nitrogen and oxygen atoms in total. The van der Waals surface area contributed by atoms with Crippen LogP contribution in [0.5, 0.6) is 0 Å². The predicted octanol–water partition coefficient (Wildman–Crippen LogP) is 2.45. The summed E-state index contributed by atoms with van der Waals surface area (Å²) < 4.78 is 1.97. The number of aromatic nitrogens is 2. The zero-order valence-corrected chi connectivity index (χ0v) is 10.2. The van der Waals surface area contributed by atoms with Crippen molar-refractivity contribution < 1.29 is 0 Å². The third kappa shape index (κ3) is 3.20. The van der Waals surface area contributed by atoms with E-state index >= 15 is 0 Å². The Balaban J connectivity index is 1.79. The summed E-state index contributed by atoms with van der Waals surface area (Å²) in [7, 11) is 0. The van der Waals surface area contributed by atoms with Gasteiger partial charge in [-0.3, -0.25) is 4.68 Å². The van der Waals surface area contributed by atoms with Crippen molar-refractivity contribution >= 4 is 5.57 Å². The number of nitrogens with one attached hydrogen (secondary N) is 1. The van der Waals surface area contributed by atoms with Crippen LogP contribution in [0.25, 0.3) is 5.57 Å². The van der Waals surface area contributed by atoms with E-state index in [9.17, 15) is 0 Å². The van der Waals surface area contributed by atoms with Gasteiger partial charge in [0, 0.05) is 24.3 Å². The fraction of sp³-hybridized carbons (Fsp3) is 0.615. The Morgan fingerprint density at radius 3 is 3.06 bits per heavy atom. The highest BCUT2D eigenvalue weighted by Crippen LogP contribution is 2.18. The molecule has 1 heterocycles. The van der Waals surface area contributed by atoms with Crippen molar-refractivity contribution in [1.82, 2.24) is 15.1 Å². The van der Waals surface area contributed by atoms with Gasteiger partial charge in [0.15, 0.2) is 0 Å². The third-order valence-corrected chi connectivity index (χ3v) is 3.02. The van der Waals surface area contributed by atoms with E-state index in [0.29, 0.717) is 0 Å². The van der Waals surface area contributed by atoms with Gasteiger partial charge in [-0.15, -0.1) is 0 Å². The molecule has 3 heteroatoms. The van der Waals surface area contributed by atoms with Crippen molar-refractivity contribution in [3.05, 3.63) is 24.0 Å². The maximum Gasteiger partial charge on any atom is 0.0564 e. The summed E-state index contributed by atoms with van der Waals surface area (Å²) in [5.41, 5.74) is 2.57. The van der Waals surface area contributed by atoms with E-state index < -0.39 is 0 Å². The van der Waals surface area contributed by atoms with Crippen LogP contribution in [-0.2, 0) is 6.54 Å². The number of hydrogen-bond acceptors (Lipinski definition) is 2. The maximum atomic E-state index is 4.28. The number of aryl methyl sites for hydroxylation is 1. The number of nitrogens with zero attached hydrogens (tertiary/aromatic N) is 2. The third-order valence-electron chi connectivity index (χ3n) is 3.02. The van der Waals surface area contributed by atoms with Gasteiger partial charge in [0.1, 0.15) is 0 Å². The molecule has 1 aliphatic carbocycles. The molecule has 0 atom stereocenters. The molecule has 88 valence electrons. The molecule has 0 amide bonds. The second-order valence-electron chi connectivity index (χ2n) is 4.49. The second-order valence-corrected chi connectivity index (χ2v) is 4.49. The molecule has 1 aliphatic rings. The summed E-state index contributed by atoms with van der Waals surface area (Å²) in [4.78, 5) is 0. The number of allylic oxidation sites excluding steroid dienone is 1. The lowest BCUT2D eigenvalue weighted by atomic mass is 10.1. The van der Waals surface area contributed by atoms with Gasteiger partial charge in [0.05, 0.1) is 6.20 Å². The van der Waals surface area contributed by atoms with Crippen LogP contribution in [0.15, 0.2) is 18.5 Å². The number of rotatable bonds is 6. The van der Waals surface area contributed by atoms with E-state index in [1.54, 1.807) is 0 Å². The lowest BCUT2D eigenvalue weighted by molar-refractivity contribution is 0.659. The lowest BCUT2D eigenvalue weighted by Crippen LogP contribution is -2.16. The van der Waals surface area contributed by atoms with Gasteiger partial charge >= 0.3 is 0 Å². The van der Waals surface area contributed by atoms with Crippen molar-refractivity contribution in [1.29, 1.82) is 0 Å². The second kappa shape index (κ2) is 5.30. The molecule has 0 unspecified atom stereocenters. The van der Waals surface area contributed by atoms with Crippen LogP contribution >= 0.6 is 0 Å². The first kappa shape index (κ1) is 11.4. The van der Waals surface area contributed by atoms with Gasteiger partial charge < -0.3 is 5.32 Å². The Hall–Kier alpha value is -1.09. The van der Waals surface area contributed by atoms with Crippen LogP contribution < -0.4 is 5.32 Å². The fourth-order valence-corrected chi connectivity index (χ4v) is 1.72. The Morgan fingerprint density at radius 1 is 1.62 bits per heavy atom. The van der Waals surface area contributed by atoms with E-state index in [4.69, 9.17) is 0 Å². The monoisotopic (exact) mass is 219 g/mol. The smallest absolute Gasteiger partial charge is 0.0564 e. The molecule has 1 N–H and O–H groups in total. The minimum Gasteiger partial charge on any atom is -0.314 e. The molecular formula is C13H21N3. The summed E-state index contributed by atoms with van der Waals surface area (Å²) in [5, 5.41) is 7.80. The van der Waals surface area contributed by atoms with E-state index in [0.717, 1.165) is 25.6 Å². The lowest BCUT2D eigenvalue weighted by Gasteiger charge is -2.00. The fourth-order valence-electron chi connectivity index (χ4n) is 1.72. The zero-order chi connectivity index (χ0) is 11.4. The van der Waals surface area contributed by atoms with Crippen molar-refractivity contribution in [2.75, 3.05) is 6.54 Å². The SMILES string of the molecule is CCn1cc(C(C)=CCCNC2CC2)cn1. The van der Waals surface area contributed by atoms with Crippen molar-refractivity contribution in [2.24, 2.45) is 0 Å². The Morgan fingerprint density at radius 2 is 2.44 bits per heavy atom. The molecule has 0 saturated heterocycles. The van der Waals surface area contributed by atoms with Crippen LogP contribution in [0, 0.1) is 0 Å². The minimum atomic E-state index is 0.816. The molecule has 0 radical (unpaired) electrons. The van der Waals surface area contributed by atoms with Gasteiger partial charge in [-0.1, -0.05) is 6.08 Å². The molecule has 1 fully saturated rings. The maximum absolute atomic E-state index is 4.28. The molecule has 0 bridgehead atoms. The summed E-state index contributed by atoms with van der Waals surface area (Å²) in [6.07, 6.45) is 10.2. The molecule has 0 spiro atoms. The van der Waals surface area contributed by atoms with Gasteiger partial charge in [-0.2, -0.15) is 5.10 Å². The average Bonchev–Trinajstić information content (AvgIpc) is 2.99. The molecule has 16 heavy (non-hydrogen) atoms. The van der Waals surface area contributed by atoms with Crippen LogP contribution in [0.4, 0.5) is 0 Å². The summed E-state index contributed by atoms with van der Waals surface area (Å²) in [5.74, 6) is 0. The molecule has 1 saturated carbocycles. The Labute approximate surface area is 97.5 Å².